The van der Waals surface area contributed by atoms with Crippen molar-refractivity contribution in [3.8, 4) is 0 Å². The van der Waals surface area contributed by atoms with E-state index in [4.69, 9.17) is 0 Å². The van der Waals surface area contributed by atoms with E-state index in [9.17, 15) is 0 Å². The van der Waals surface area contributed by atoms with Gasteiger partial charge in [0.05, 0.1) is 0 Å². The normalized spacial score (nSPS) is 13.9. The van der Waals surface area contributed by atoms with Crippen molar-refractivity contribution in [3.05, 3.63) is 0 Å². The largest absolute Gasteiger partial charge is 0.316 e. The smallest absolute Gasteiger partial charge is 0.00179 e. The standard InChI is InChI=1S/C13H29N/c1-6-12(7-2)13(8-3)10-14-9-11(4)5/h11-14H,6-10H2,1-5H3. The summed E-state index contributed by atoms with van der Waals surface area (Å²) in [5, 5.41) is 3.58. The van der Waals surface area contributed by atoms with Crippen molar-refractivity contribution in [2.24, 2.45) is 17.8 Å². The lowest BCUT2D eigenvalue weighted by Crippen LogP contribution is -2.30. The molecule has 86 valence electrons. The van der Waals surface area contributed by atoms with Gasteiger partial charge in [0.15, 0.2) is 0 Å². The van der Waals surface area contributed by atoms with E-state index in [1.54, 1.807) is 0 Å². The van der Waals surface area contributed by atoms with Crippen LogP contribution in [0.5, 0.6) is 0 Å². The molecule has 1 N–H and O–H groups in total. The predicted octanol–water partition coefficient (Wildman–Crippen LogP) is 3.69. The Morgan fingerprint density at radius 1 is 0.786 bits per heavy atom. The van der Waals surface area contributed by atoms with E-state index >= 15 is 0 Å². The Balaban J connectivity index is 3.77. The Kier molecular flexibility index (Phi) is 8.26. The summed E-state index contributed by atoms with van der Waals surface area (Å²) in [7, 11) is 0. The van der Waals surface area contributed by atoms with Gasteiger partial charge in [-0.25, -0.2) is 0 Å². The average molecular weight is 199 g/mol. The summed E-state index contributed by atoms with van der Waals surface area (Å²) in [6.45, 7) is 13.9. The highest BCUT2D eigenvalue weighted by Crippen LogP contribution is 2.21. The lowest BCUT2D eigenvalue weighted by molar-refractivity contribution is 0.288. The van der Waals surface area contributed by atoms with Crippen LogP contribution in [0.1, 0.15) is 53.9 Å². The van der Waals surface area contributed by atoms with E-state index in [1.807, 2.05) is 0 Å². The molecule has 0 aliphatic carbocycles. The Hall–Kier alpha value is -0.0400. The fraction of sp³-hybridized carbons (Fsp3) is 1.00. The second kappa shape index (κ2) is 8.28. The molecule has 0 bridgehead atoms. The van der Waals surface area contributed by atoms with Gasteiger partial charge in [-0.05, 0) is 30.8 Å². The van der Waals surface area contributed by atoms with Crippen molar-refractivity contribution >= 4 is 0 Å². The molecule has 0 aliphatic rings. The first-order chi connectivity index (χ1) is 6.65. The second-order valence-electron chi connectivity index (χ2n) is 4.80. The van der Waals surface area contributed by atoms with Gasteiger partial charge in [-0.3, -0.25) is 0 Å². The second-order valence-corrected chi connectivity index (χ2v) is 4.80. The minimum Gasteiger partial charge on any atom is -0.316 e. The predicted molar refractivity (Wildman–Crippen MR) is 65.6 cm³/mol. The van der Waals surface area contributed by atoms with E-state index in [1.165, 1.54) is 25.8 Å². The summed E-state index contributed by atoms with van der Waals surface area (Å²) in [6, 6.07) is 0. The number of hydrogen-bond donors (Lipinski definition) is 1. The molecule has 0 heterocycles. The van der Waals surface area contributed by atoms with Gasteiger partial charge in [0, 0.05) is 0 Å². The van der Waals surface area contributed by atoms with E-state index in [0.717, 1.165) is 24.3 Å². The summed E-state index contributed by atoms with van der Waals surface area (Å²) < 4.78 is 0. The van der Waals surface area contributed by atoms with Crippen molar-refractivity contribution in [1.82, 2.24) is 5.32 Å². The molecule has 0 radical (unpaired) electrons. The van der Waals surface area contributed by atoms with Crippen molar-refractivity contribution in [3.63, 3.8) is 0 Å². The molecule has 0 saturated heterocycles. The summed E-state index contributed by atoms with van der Waals surface area (Å²) >= 11 is 0. The van der Waals surface area contributed by atoms with Gasteiger partial charge in [0.25, 0.3) is 0 Å². The molecule has 1 nitrogen and oxygen atoms in total. The zero-order valence-electron chi connectivity index (χ0n) is 10.8. The molecule has 0 aliphatic heterocycles. The highest BCUT2D eigenvalue weighted by atomic mass is 14.9. The van der Waals surface area contributed by atoms with Crippen molar-refractivity contribution in [2.75, 3.05) is 13.1 Å². The zero-order chi connectivity index (χ0) is 11.0. The number of hydrogen-bond acceptors (Lipinski definition) is 1. The summed E-state index contributed by atoms with van der Waals surface area (Å²) in [6.07, 6.45) is 3.98. The van der Waals surface area contributed by atoms with Crippen LogP contribution in [0.15, 0.2) is 0 Å². The molecule has 0 spiro atoms. The van der Waals surface area contributed by atoms with Crippen LogP contribution in [-0.2, 0) is 0 Å². The third kappa shape index (κ3) is 5.64. The van der Waals surface area contributed by atoms with Crippen LogP contribution in [0.25, 0.3) is 0 Å². The van der Waals surface area contributed by atoms with Crippen LogP contribution >= 0.6 is 0 Å². The van der Waals surface area contributed by atoms with Crippen LogP contribution in [0.2, 0.25) is 0 Å². The fourth-order valence-corrected chi connectivity index (χ4v) is 2.16. The van der Waals surface area contributed by atoms with Crippen molar-refractivity contribution in [1.29, 1.82) is 0 Å². The molecule has 1 heteroatoms. The topological polar surface area (TPSA) is 12.0 Å². The van der Waals surface area contributed by atoms with Crippen LogP contribution in [0.3, 0.4) is 0 Å². The molecule has 0 amide bonds. The van der Waals surface area contributed by atoms with Crippen molar-refractivity contribution in [2.45, 2.75) is 53.9 Å². The molecule has 14 heavy (non-hydrogen) atoms. The van der Waals surface area contributed by atoms with Gasteiger partial charge < -0.3 is 5.32 Å². The van der Waals surface area contributed by atoms with E-state index in [-0.39, 0.29) is 0 Å². The van der Waals surface area contributed by atoms with Crippen LogP contribution in [0.4, 0.5) is 0 Å². The lowest BCUT2D eigenvalue weighted by atomic mass is 9.86. The first-order valence-electron chi connectivity index (χ1n) is 6.36. The summed E-state index contributed by atoms with van der Waals surface area (Å²) in [5.74, 6) is 2.57. The van der Waals surface area contributed by atoms with Gasteiger partial charge >= 0.3 is 0 Å². The van der Waals surface area contributed by atoms with Gasteiger partial charge in [-0.1, -0.05) is 53.9 Å². The molecule has 1 atom stereocenters. The Morgan fingerprint density at radius 3 is 1.64 bits per heavy atom. The maximum atomic E-state index is 3.58. The van der Waals surface area contributed by atoms with Gasteiger partial charge in [-0.2, -0.15) is 0 Å². The molecular weight excluding hydrogens is 170 g/mol. The first-order valence-corrected chi connectivity index (χ1v) is 6.36. The minimum absolute atomic E-state index is 0.772. The summed E-state index contributed by atoms with van der Waals surface area (Å²) in [5.41, 5.74) is 0. The Morgan fingerprint density at radius 2 is 1.29 bits per heavy atom. The van der Waals surface area contributed by atoms with E-state index in [2.05, 4.69) is 39.9 Å². The first kappa shape index (κ1) is 14.0. The maximum absolute atomic E-state index is 3.58. The number of nitrogens with one attached hydrogen (secondary N) is 1. The van der Waals surface area contributed by atoms with Crippen LogP contribution in [0, 0.1) is 17.8 Å². The quantitative estimate of drug-likeness (QED) is 0.628. The van der Waals surface area contributed by atoms with Crippen LogP contribution < -0.4 is 5.32 Å². The molecule has 1 unspecified atom stereocenters. The molecular formula is C13H29N. The minimum atomic E-state index is 0.772. The highest BCUT2D eigenvalue weighted by Gasteiger charge is 2.15. The highest BCUT2D eigenvalue weighted by molar-refractivity contribution is 4.69. The molecule has 0 fully saturated rings. The SMILES string of the molecule is CCC(CC)C(CC)CNCC(C)C. The average Bonchev–Trinajstić information content (AvgIpc) is 2.16. The van der Waals surface area contributed by atoms with E-state index < -0.39 is 0 Å². The van der Waals surface area contributed by atoms with Gasteiger partial charge in [0.2, 0.25) is 0 Å². The molecule has 0 aromatic heterocycles. The van der Waals surface area contributed by atoms with Crippen LogP contribution in [-0.4, -0.2) is 13.1 Å². The fourth-order valence-electron chi connectivity index (χ4n) is 2.16. The third-order valence-electron chi connectivity index (χ3n) is 3.20. The monoisotopic (exact) mass is 199 g/mol. The third-order valence-corrected chi connectivity index (χ3v) is 3.20. The van der Waals surface area contributed by atoms with Gasteiger partial charge in [0.1, 0.15) is 0 Å². The molecule has 0 aromatic carbocycles. The summed E-state index contributed by atoms with van der Waals surface area (Å²) in [4.78, 5) is 0. The molecule has 0 rings (SSSR count). The molecule has 0 saturated carbocycles. The number of rotatable bonds is 8. The Bertz CT molecular complexity index is 116. The molecule has 0 aromatic rings. The van der Waals surface area contributed by atoms with Crippen molar-refractivity contribution < 1.29 is 0 Å². The lowest BCUT2D eigenvalue weighted by Gasteiger charge is -2.24. The van der Waals surface area contributed by atoms with E-state index in [0.29, 0.717) is 0 Å². The van der Waals surface area contributed by atoms with Gasteiger partial charge in [-0.15, -0.1) is 0 Å². The maximum Gasteiger partial charge on any atom is -0.00179 e. The Labute approximate surface area is 90.7 Å². The zero-order valence-corrected chi connectivity index (χ0v) is 10.8.